The first-order valence-electron chi connectivity index (χ1n) is 8.33. The molecule has 1 aliphatic heterocycles. The maximum atomic E-state index is 12.4. The number of nitrogens with one attached hydrogen (secondary N) is 1. The number of hydrogen-bond donors (Lipinski definition) is 1. The summed E-state index contributed by atoms with van der Waals surface area (Å²) in [6.45, 7) is 5.34. The van der Waals surface area contributed by atoms with Crippen molar-refractivity contribution < 1.29 is 9.53 Å². The predicted molar refractivity (Wildman–Crippen MR) is 94.4 cm³/mol. The zero-order valence-electron chi connectivity index (χ0n) is 14.2. The molecule has 0 radical (unpaired) electrons. The molecule has 3 rings (SSSR count). The van der Waals surface area contributed by atoms with Gasteiger partial charge < -0.3 is 15.0 Å². The Labute approximate surface area is 142 Å². The average Bonchev–Trinajstić information content (AvgIpc) is 2.59. The van der Waals surface area contributed by atoms with E-state index in [4.69, 9.17) is 4.74 Å². The highest BCUT2D eigenvalue weighted by molar-refractivity contribution is 5.90. The first kappa shape index (κ1) is 16.3. The summed E-state index contributed by atoms with van der Waals surface area (Å²) < 4.78 is 5.95. The molecule has 0 spiro atoms. The van der Waals surface area contributed by atoms with Crippen molar-refractivity contribution in [2.45, 2.75) is 32.8 Å². The molecule has 1 aromatic carbocycles. The largest absolute Gasteiger partial charge is 0.489 e. The highest BCUT2D eigenvalue weighted by Gasteiger charge is 2.24. The van der Waals surface area contributed by atoms with E-state index in [-0.39, 0.29) is 12.1 Å². The van der Waals surface area contributed by atoms with Gasteiger partial charge in [0.2, 0.25) is 0 Å². The van der Waals surface area contributed by atoms with Crippen molar-refractivity contribution >= 4 is 11.7 Å². The second kappa shape index (κ2) is 7.34. The molecule has 0 saturated carbocycles. The van der Waals surface area contributed by atoms with Gasteiger partial charge in [-0.1, -0.05) is 18.2 Å². The Kier molecular flexibility index (Phi) is 4.99. The lowest BCUT2D eigenvalue weighted by molar-refractivity contribution is 0.115. The molecular formula is C19H23N3O2. The van der Waals surface area contributed by atoms with Crippen molar-refractivity contribution in [3.63, 3.8) is 0 Å². The number of ether oxygens (including phenoxy) is 1. The molecule has 2 amide bonds. The monoisotopic (exact) mass is 325 g/mol. The third kappa shape index (κ3) is 4.04. The minimum Gasteiger partial charge on any atom is -0.489 e. The van der Waals surface area contributed by atoms with Crippen LogP contribution in [0.1, 0.15) is 24.1 Å². The van der Waals surface area contributed by atoms with Gasteiger partial charge >= 0.3 is 6.03 Å². The van der Waals surface area contributed by atoms with Crippen LogP contribution in [0.3, 0.4) is 0 Å². The van der Waals surface area contributed by atoms with E-state index in [9.17, 15) is 4.79 Å². The minimum atomic E-state index is -0.0419. The first-order chi connectivity index (χ1) is 11.6. The highest BCUT2D eigenvalue weighted by atomic mass is 16.5. The maximum Gasteiger partial charge on any atom is 0.321 e. The second-order valence-electron chi connectivity index (χ2n) is 6.18. The quantitative estimate of drug-likeness (QED) is 0.934. The number of carbonyl (C=O) groups is 1. The average molecular weight is 325 g/mol. The number of para-hydroxylation sites is 1. The number of carbonyl (C=O) groups excluding carboxylic acids is 1. The van der Waals surface area contributed by atoms with Crippen LogP contribution >= 0.6 is 0 Å². The van der Waals surface area contributed by atoms with E-state index in [2.05, 4.69) is 10.3 Å². The number of pyridine rings is 1. The zero-order chi connectivity index (χ0) is 16.9. The number of benzene rings is 1. The van der Waals surface area contributed by atoms with Gasteiger partial charge in [-0.3, -0.25) is 4.98 Å². The van der Waals surface area contributed by atoms with Crippen molar-refractivity contribution in [3.8, 4) is 5.75 Å². The Hall–Kier alpha value is -2.56. The Bertz CT molecular complexity index is 692. The summed E-state index contributed by atoms with van der Waals surface area (Å²) >= 11 is 0. The van der Waals surface area contributed by atoms with Crippen molar-refractivity contribution in [2.24, 2.45) is 0 Å². The van der Waals surface area contributed by atoms with Crippen LogP contribution in [-0.4, -0.2) is 35.1 Å². The molecule has 0 aliphatic carbocycles. The van der Waals surface area contributed by atoms with E-state index >= 15 is 0 Å². The number of rotatable bonds is 3. The maximum absolute atomic E-state index is 12.4. The summed E-state index contributed by atoms with van der Waals surface area (Å²) in [6.07, 6.45) is 3.55. The Morgan fingerprint density at radius 3 is 2.58 bits per heavy atom. The van der Waals surface area contributed by atoms with Gasteiger partial charge in [0.1, 0.15) is 11.9 Å². The number of nitrogens with zero attached hydrogens (tertiary/aromatic N) is 2. The smallest absolute Gasteiger partial charge is 0.321 e. The van der Waals surface area contributed by atoms with Gasteiger partial charge in [0, 0.05) is 37.3 Å². The van der Waals surface area contributed by atoms with Crippen molar-refractivity contribution in [1.82, 2.24) is 9.88 Å². The van der Waals surface area contributed by atoms with Gasteiger partial charge in [-0.15, -0.1) is 0 Å². The molecule has 1 N–H and O–H groups in total. The Morgan fingerprint density at radius 2 is 1.92 bits per heavy atom. The lowest BCUT2D eigenvalue weighted by Gasteiger charge is -2.32. The van der Waals surface area contributed by atoms with Crippen LogP contribution in [0.5, 0.6) is 5.75 Å². The van der Waals surface area contributed by atoms with Crippen LogP contribution in [0, 0.1) is 13.8 Å². The molecule has 5 heteroatoms. The molecule has 0 atom stereocenters. The third-order valence-corrected chi connectivity index (χ3v) is 4.30. The Morgan fingerprint density at radius 1 is 1.17 bits per heavy atom. The van der Waals surface area contributed by atoms with Crippen molar-refractivity contribution in [1.29, 1.82) is 0 Å². The van der Waals surface area contributed by atoms with Crippen LogP contribution in [0.15, 0.2) is 42.6 Å². The highest BCUT2D eigenvalue weighted by Crippen LogP contribution is 2.20. The SMILES string of the molecule is Cc1ccc(OC2CCN(C(=O)Nc3ccccc3C)CC2)cn1. The van der Waals surface area contributed by atoms with Crippen LogP contribution in [0.4, 0.5) is 10.5 Å². The fourth-order valence-corrected chi connectivity index (χ4v) is 2.80. The van der Waals surface area contributed by atoms with E-state index < -0.39 is 0 Å². The summed E-state index contributed by atoms with van der Waals surface area (Å²) in [5.41, 5.74) is 2.91. The topological polar surface area (TPSA) is 54.5 Å². The van der Waals surface area contributed by atoms with Gasteiger partial charge in [0.25, 0.3) is 0 Å². The normalized spacial score (nSPS) is 15.2. The van der Waals surface area contributed by atoms with Gasteiger partial charge in [0.15, 0.2) is 0 Å². The lowest BCUT2D eigenvalue weighted by Crippen LogP contribution is -2.43. The number of likely N-dealkylation sites (tertiary alicyclic amines) is 1. The number of aryl methyl sites for hydroxylation is 2. The number of hydrogen-bond acceptors (Lipinski definition) is 3. The fraction of sp³-hybridized carbons (Fsp3) is 0.368. The third-order valence-electron chi connectivity index (χ3n) is 4.30. The molecule has 1 aliphatic rings. The van der Waals surface area contributed by atoms with E-state index in [1.165, 1.54) is 0 Å². The molecule has 0 unspecified atom stereocenters. The van der Waals surface area contributed by atoms with Gasteiger partial charge in [-0.2, -0.15) is 0 Å². The fourth-order valence-electron chi connectivity index (χ4n) is 2.80. The van der Waals surface area contributed by atoms with Crippen LogP contribution in [0.2, 0.25) is 0 Å². The summed E-state index contributed by atoms with van der Waals surface area (Å²) in [5, 5.41) is 2.99. The minimum absolute atomic E-state index is 0.0419. The number of piperidine rings is 1. The Balaban J connectivity index is 1.50. The first-order valence-corrected chi connectivity index (χ1v) is 8.33. The zero-order valence-corrected chi connectivity index (χ0v) is 14.2. The molecule has 2 heterocycles. The molecule has 1 fully saturated rings. The van der Waals surface area contributed by atoms with E-state index in [1.54, 1.807) is 6.20 Å². The van der Waals surface area contributed by atoms with Crippen molar-refractivity contribution in [2.75, 3.05) is 18.4 Å². The number of anilines is 1. The predicted octanol–water partition coefficient (Wildman–Crippen LogP) is 3.77. The molecule has 5 nitrogen and oxygen atoms in total. The van der Waals surface area contributed by atoms with Crippen LogP contribution in [-0.2, 0) is 0 Å². The summed E-state index contributed by atoms with van der Waals surface area (Å²) in [6, 6.07) is 11.7. The number of amides is 2. The van der Waals surface area contributed by atoms with Crippen LogP contribution in [0.25, 0.3) is 0 Å². The van der Waals surface area contributed by atoms with Crippen LogP contribution < -0.4 is 10.1 Å². The molecule has 24 heavy (non-hydrogen) atoms. The molecule has 1 aromatic heterocycles. The van der Waals surface area contributed by atoms with E-state index in [0.29, 0.717) is 13.1 Å². The van der Waals surface area contributed by atoms with Gasteiger partial charge in [0.05, 0.1) is 6.20 Å². The van der Waals surface area contributed by atoms with E-state index in [0.717, 1.165) is 35.5 Å². The van der Waals surface area contributed by atoms with E-state index in [1.807, 2.05) is 55.1 Å². The molecular weight excluding hydrogens is 302 g/mol. The van der Waals surface area contributed by atoms with Gasteiger partial charge in [-0.05, 0) is 37.6 Å². The summed E-state index contributed by atoms with van der Waals surface area (Å²) in [4.78, 5) is 18.5. The number of aromatic nitrogens is 1. The lowest BCUT2D eigenvalue weighted by atomic mass is 10.1. The summed E-state index contributed by atoms with van der Waals surface area (Å²) in [7, 11) is 0. The van der Waals surface area contributed by atoms with Gasteiger partial charge in [-0.25, -0.2) is 4.79 Å². The summed E-state index contributed by atoms with van der Waals surface area (Å²) in [5.74, 6) is 0.795. The second-order valence-corrected chi connectivity index (χ2v) is 6.18. The molecule has 1 saturated heterocycles. The standard InChI is InChI=1S/C19H23N3O2/c1-14-5-3-4-6-18(14)21-19(23)22-11-9-16(10-12-22)24-17-8-7-15(2)20-13-17/h3-8,13,16H,9-12H2,1-2H3,(H,21,23). The molecule has 2 aromatic rings. The van der Waals surface area contributed by atoms with Crippen molar-refractivity contribution in [3.05, 3.63) is 53.9 Å². The molecule has 0 bridgehead atoms. The molecule has 126 valence electrons. The number of urea groups is 1.